The summed E-state index contributed by atoms with van der Waals surface area (Å²) in [5.74, 6) is 1.30. The number of aromatic nitrogens is 1. The Bertz CT molecular complexity index is 1810. The van der Waals surface area contributed by atoms with Crippen LogP contribution in [0.25, 0.3) is 0 Å². The fourth-order valence-corrected chi connectivity index (χ4v) is 6.39. The first-order valence-corrected chi connectivity index (χ1v) is 17.4. The molecule has 50 heavy (non-hydrogen) atoms. The number of aliphatic imine (C=N–C) groups is 1. The number of nitrogens with zero attached hydrogens (tertiary/aromatic N) is 3. The Hall–Kier alpha value is -4.90. The molecule has 11 nitrogen and oxygen atoms in total. The number of likely N-dealkylation sites (tertiary alicyclic amines) is 1. The third-order valence-corrected chi connectivity index (χ3v) is 9.65. The lowest BCUT2D eigenvalue weighted by molar-refractivity contribution is -0.00535. The van der Waals surface area contributed by atoms with E-state index in [1.165, 1.54) is 0 Å². The summed E-state index contributed by atoms with van der Waals surface area (Å²) < 4.78 is 8.06. The van der Waals surface area contributed by atoms with E-state index in [1.54, 1.807) is 29.0 Å². The molecule has 11 heteroatoms. The number of pyridine rings is 1. The first-order chi connectivity index (χ1) is 23.6. The molecule has 2 heterocycles. The van der Waals surface area contributed by atoms with Crippen LogP contribution >= 0.6 is 0 Å². The SMILES string of the molecule is Cc1ccc(N=C(C=C(N)C(C)(C)C)NC(=O)N[C@H]2CCC(Oc3ccc(=N)n(C(=N)N4CCC(C(C)(C)O)CC4)c3)c3ccccc32)cc1. The number of aryl methyl sites for hydroxylation is 1. The van der Waals surface area contributed by atoms with E-state index in [0.717, 1.165) is 29.5 Å². The molecule has 0 saturated carbocycles. The van der Waals surface area contributed by atoms with Gasteiger partial charge in [0, 0.05) is 30.3 Å². The van der Waals surface area contributed by atoms with Gasteiger partial charge < -0.3 is 25.8 Å². The van der Waals surface area contributed by atoms with Crippen LogP contribution in [0.2, 0.25) is 0 Å². The lowest BCUT2D eigenvalue weighted by Crippen LogP contribution is -2.47. The van der Waals surface area contributed by atoms with Gasteiger partial charge in [-0.2, -0.15) is 0 Å². The number of allylic oxidation sites excluding steroid dienone is 1. The van der Waals surface area contributed by atoms with Crippen LogP contribution in [0.4, 0.5) is 10.5 Å². The summed E-state index contributed by atoms with van der Waals surface area (Å²) in [7, 11) is 0. The summed E-state index contributed by atoms with van der Waals surface area (Å²) in [5.41, 5.74) is 9.87. The molecule has 1 aromatic heterocycles. The van der Waals surface area contributed by atoms with Crippen LogP contribution in [0.5, 0.6) is 5.75 Å². The Morgan fingerprint density at radius 1 is 0.980 bits per heavy atom. The van der Waals surface area contributed by atoms with E-state index in [-0.39, 0.29) is 41.0 Å². The Morgan fingerprint density at radius 3 is 2.28 bits per heavy atom. The van der Waals surface area contributed by atoms with Crippen molar-refractivity contribution in [3.05, 3.63) is 101 Å². The number of benzene rings is 2. The van der Waals surface area contributed by atoms with Crippen molar-refractivity contribution in [1.29, 1.82) is 10.8 Å². The number of urea groups is 1. The lowest BCUT2D eigenvalue weighted by atomic mass is 9.83. The number of piperidine rings is 1. The lowest BCUT2D eigenvalue weighted by Gasteiger charge is -2.38. The van der Waals surface area contributed by atoms with Crippen LogP contribution in [0.15, 0.2) is 83.6 Å². The van der Waals surface area contributed by atoms with E-state index in [2.05, 4.69) is 15.6 Å². The minimum Gasteiger partial charge on any atom is -0.484 e. The predicted octanol–water partition coefficient (Wildman–Crippen LogP) is 6.41. The molecule has 0 spiro atoms. The monoisotopic (exact) mass is 680 g/mol. The minimum atomic E-state index is -0.749. The van der Waals surface area contributed by atoms with E-state index >= 15 is 0 Å². The molecule has 1 unspecified atom stereocenters. The van der Waals surface area contributed by atoms with Gasteiger partial charge in [0.2, 0.25) is 5.96 Å². The molecule has 1 aliphatic carbocycles. The fourth-order valence-electron chi connectivity index (χ4n) is 6.39. The second kappa shape index (κ2) is 14.9. The quantitative estimate of drug-likeness (QED) is 0.131. The predicted molar refractivity (Wildman–Crippen MR) is 197 cm³/mol. The molecule has 2 aliphatic rings. The van der Waals surface area contributed by atoms with Crippen LogP contribution in [0.1, 0.15) is 89.1 Å². The average Bonchev–Trinajstić information content (AvgIpc) is 3.06. The summed E-state index contributed by atoms with van der Waals surface area (Å²) in [5, 5.41) is 33.9. The van der Waals surface area contributed by atoms with Crippen molar-refractivity contribution in [3.63, 3.8) is 0 Å². The number of aliphatic hydroxyl groups is 1. The van der Waals surface area contributed by atoms with E-state index in [9.17, 15) is 9.90 Å². The highest BCUT2D eigenvalue weighted by atomic mass is 16.5. The normalized spacial score (nSPS) is 19.1. The third-order valence-electron chi connectivity index (χ3n) is 9.65. The zero-order valence-electron chi connectivity index (χ0n) is 30.1. The molecule has 0 radical (unpaired) electrons. The van der Waals surface area contributed by atoms with Crippen LogP contribution in [0, 0.1) is 29.1 Å². The molecule has 3 aromatic rings. The van der Waals surface area contributed by atoms with E-state index < -0.39 is 5.60 Å². The van der Waals surface area contributed by atoms with Crippen molar-refractivity contribution < 1.29 is 14.6 Å². The van der Waals surface area contributed by atoms with Crippen molar-refractivity contribution in [1.82, 2.24) is 20.1 Å². The molecular weight excluding hydrogens is 628 g/mol. The highest BCUT2D eigenvalue weighted by Crippen LogP contribution is 2.38. The van der Waals surface area contributed by atoms with Gasteiger partial charge in [-0.1, -0.05) is 62.7 Å². The molecule has 0 bridgehead atoms. The summed E-state index contributed by atoms with van der Waals surface area (Å²) in [6.07, 6.45) is 6.00. The van der Waals surface area contributed by atoms with Crippen molar-refractivity contribution in [2.75, 3.05) is 13.1 Å². The number of carbonyl (C=O) groups is 1. The van der Waals surface area contributed by atoms with Crippen molar-refractivity contribution in [2.45, 2.75) is 85.0 Å². The molecule has 1 fully saturated rings. The van der Waals surface area contributed by atoms with Crippen LogP contribution < -0.4 is 26.6 Å². The number of hydrogen-bond acceptors (Lipinski definition) is 7. The molecule has 1 saturated heterocycles. The maximum atomic E-state index is 13.4. The number of fused-ring (bicyclic) bond motifs is 1. The standard InChI is InChI=1S/C39H52N8O3/c1-25-11-13-27(14-12-25)43-35(23-33(40)38(2,3)4)45-37(48)44-31-16-17-32(30-10-8-7-9-29(30)31)50-28-15-18-34(41)47(24-28)36(42)46-21-19-26(20-22-46)39(5,6)49/h7-15,18,23-24,26,31-32,41-42,49H,16-17,19-22,40H2,1-6H3,(H2,43,44,45,48)/t31-,32?/m0/s1. The van der Waals surface area contributed by atoms with Gasteiger partial charge in [-0.15, -0.1) is 0 Å². The molecule has 7 N–H and O–H groups in total. The summed E-state index contributed by atoms with van der Waals surface area (Å²) in [6, 6.07) is 18.5. The first-order valence-electron chi connectivity index (χ1n) is 17.4. The van der Waals surface area contributed by atoms with E-state index in [4.69, 9.17) is 21.3 Å². The second-order valence-corrected chi connectivity index (χ2v) is 15.0. The summed E-state index contributed by atoms with van der Waals surface area (Å²) in [4.78, 5) is 20.1. The van der Waals surface area contributed by atoms with Crippen LogP contribution in [-0.2, 0) is 0 Å². The van der Waals surface area contributed by atoms with Crippen molar-refractivity contribution >= 4 is 23.5 Å². The topological polar surface area (TPSA) is 165 Å². The second-order valence-electron chi connectivity index (χ2n) is 15.0. The number of ether oxygens (including phenoxy) is 1. The van der Waals surface area contributed by atoms with Gasteiger partial charge in [-0.05, 0) is 87.8 Å². The van der Waals surface area contributed by atoms with Gasteiger partial charge in [0.1, 0.15) is 23.2 Å². The van der Waals surface area contributed by atoms with Crippen LogP contribution in [-0.4, -0.2) is 51.1 Å². The number of rotatable bonds is 6. The molecule has 2 aromatic carbocycles. The number of amidine groups is 1. The van der Waals surface area contributed by atoms with Gasteiger partial charge >= 0.3 is 6.03 Å². The van der Waals surface area contributed by atoms with E-state index in [0.29, 0.717) is 48.9 Å². The largest absolute Gasteiger partial charge is 0.484 e. The number of nitrogens with one attached hydrogen (secondary N) is 4. The third kappa shape index (κ3) is 9.01. The van der Waals surface area contributed by atoms with Crippen LogP contribution in [0.3, 0.4) is 0 Å². The van der Waals surface area contributed by atoms with Gasteiger partial charge in [0.15, 0.2) is 0 Å². The Kier molecular flexibility index (Phi) is 10.9. The number of carbonyl (C=O) groups excluding carboxylic acids is 1. The highest BCUT2D eigenvalue weighted by molar-refractivity contribution is 6.05. The number of nitrogens with two attached hydrogens (primary N) is 1. The van der Waals surface area contributed by atoms with Gasteiger partial charge in [-0.25, -0.2) is 9.79 Å². The average molecular weight is 681 g/mol. The molecule has 2 atom stereocenters. The smallest absolute Gasteiger partial charge is 0.320 e. The van der Waals surface area contributed by atoms with E-state index in [1.807, 2.05) is 95.0 Å². The zero-order valence-corrected chi connectivity index (χ0v) is 30.1. The Balaban J connectivity index is 1.29. The van der Waals surface area contributed by atoms with Crippen molar-refractivity contribution in [3.8, 4) is 5.75 Å². The molecule has 2 amide bonds. The zero-order chi connectivity index (χ0) is 36.2. The van der Waals surface area contributed by atoms with Gasteiger partial charge in [-0.3, -0.25) is 20.7 Å². The molecule has 266 valence electrons. The molecular formula is C39H52N8O3. The fraction of sp³-hybridized carbons (Fsp3) is 0.436. The Labute approximate surface area is 295 Å². The van der Waals surface area contributed by atoms with Crippen molar-refractivity contribution in [2.24, 2.45) is 22.1 Å². The minimum absolute atomic E-state index is 0.176. The highest BCUT2D eigenvalue weighted by Gasteiger charge is 2.32. The molecule has 5 rings (SSSR count). The molecule has 1 aliphatic heterocycles. The van der Waals surface area contributed by atoms with Gasteiger partial charge in [0.25, 0.3) is 0 Å². The summed E-state index contributed by atoms with van der Waals surface area (Å²) in [6.45, 7) is 13.0. The Morgan fingerprint density at radius 2 is 1.64 bits per heavy atom. The number of amides is 2. The van der Waals surface area contributed by atoms with Gasteiger partial charge in [0.05, 0.1) is 23.5 Å². The first kappa shape index (κ1) is 36.4. The summed E-state index contributed by atoms with van der Waals surface area (Å²) >= 11 is 0. The maximum absolute atomic E-state index is 13.4. The number of hydrogen-bond donors (Lipinski definition) is 6. The maximum Gasteiger partial charge on any atom is 0.320 e.